The van der Waals surface area contributed by atoms with Crippen LogP contribution in [0.5, 0.6) is 0 Å². The Hall–Kier alpha value is -0.240. The van der Waals surface area contributed by atoms with Gasteiger partial charge in [-0.1, -0.05) is 0 Å². The Kier molecular flexibility index (Phi) is 5.31. The molecule has 0 bridgehead atoms. The second-order valence-electron chi connectivity index (χ2n) is 3.34. The van der Waals surface area contributed by atoms with E-state index in [0.29, 0.717) is 0 Å². The van der Waals surface area contributed by atoms with Crippen molar-refractivity contribution in [1.82, 2.24) is 4.90 Å². The second-order valence-corrected chi connectivity index (χ2v) is 4.76. The number of thioether (sulfide) groups is 1. The fourth-order valence-electron chi connectivity index (χ4n) is 1.55. The molecule has 0 aliphatic carbocycles. The van der Waals surface area contributed by atoms with Crippen molar-refractivity contribution in [2.45, 2.75) is 24.8 Å². The van der Waals surface area contributed by atoms with E-state index >= 15 is 0 Å². The Labute approximate surface area is 119 Å². The number of amides is 1. The molecule has 6 nitrogen and oxygen atoms in total. The molecule has 1 aliphatic heterocycles. The number of rotatable bonds is 2. The molecule has 0 aromatic rings. The van der Waals surface area contributed by atoms with Gasteiger partial charge in [0.1, 0.15) is 6.04 Å². The maximum atomic E-state index is 11.3. The van der Waals surface area contributed by atoms with E-state index in [4.69, 9.17) is 10.2 Å². The van der Waals surface area contributed by atoms with Gasteiger partial charge in [0, 0.05) is 42.2 Å². The number of carbonyl (C=O) groups is 3. The number of carbonyl (C=O) groups excluding carboxylic acids is 1. The maximum absolute atomic E-state index is 11.3. The fraction of sp³-hybridized carbons (Fsp3) is 0.625. The van der Waals surface area contributed by atoms with Gasteiger partial charge in [-0.25, -0.2) is 9.59 Å². The monoisotopic (exact) mass is 256 g/mol. The van der Waals surface area contributed by atoms with Gasteiger partial charge in [0.15, 0.2) is 4.87 Å². The van der Waals surface area contributed by atoms with Crippen LogP contribution in [-0.2, 0) is 14.4 Å². The van der Waals surface area contributed by atoms with E-state index in [2.05, 4.69) is 0 Å². The largest absolute Gasteiger partial charge is 0.480 e. The Bertz CT molecular complexity index is 336. The molecule has 1 amide bonds. The number of hydrogen-bond donors (Lipinski definition) is 2. The molecule has 85 valence electrons. The first kappa shape index (κ1) is 15.8. The molecule has 1 radical (unpaired) electrons. The third-order valence-corrected chi connectivity index (χ3v) is 3.73. The van der Waals surface area contributed by atoms with Gasteiger partial charge in [0.05, 0.1) is 0 Å². The zero-order valence-electron chi connectivity index (χ0n) is 9.26. The van der Waals surface area contributed by atoms with Crippen molar-refractivity contribution in [1.29, 1.82) is 0 Å². The third kappa shape index (κ3) is 2.53. The van der Waals surface area contributed by atoms with Crippen molar-refractivity contribution in [3.8, 4) is 0 Å². The van der Waals surface area contributed by atoms with Gasteiger partial charge in [0.25, 0.3) is 0 Å². The maximum Gasteiger partial charge on any atom is 0.340 e. The van der Waals surface area contributed by atoms with Crippen LogP contribution in [-0.4, -0.2) is 79.2 Å². The van der Waals surface area contributed by atoms with Crippen LogP contribution in [0, 0.1) is 0 Å². The molecule has 1 saturated heterocycles. The molecule has 16 heavy (non-hydrogen) atoms. The van der Waals surface area contributed by atoms with Gasteiger partial charge in [-0.2, -0.15) is 0 Å². The molecular weight excluding hydrogens is 245 g/mol. The average molecular weight is 256 g/mol. The summed E-state index contributed by atoms with van der Waals surface area (Å²) in [5, 5.41) is 17.8. The van der Waals surface area contributed by atoms with E-state index in [1.54, 1.807) is 0 Å². The smallest absolute Gasteiger partial charge is 0.340 e. The van der Waals surface area contributed by atoms with E-state index < -0.39 is 28.8 Å². The second kappa shape index (κ2) is 5.39. The first-order chi connectivity index (χ1) is 6.80. The average Bonchev–Trinajstić information content (AvgIpc) is 2.44. The summed E-state index contributed by atoms with van der Waals surface area (Å²) in [5.74, 6) is -2.83. The van der Waals surface area contributed by atoms with Crippen LogP contribution in [0.25, 0.3) is 0 Å². The van der Waals surface area contributed by atoms with Crippen LogP contribution in [0.2, 0.25) is 0 Å². The summed E-state index contributed by atoms with van der Waals surface area (Å²) >= 11 is 0.950. The summed E-state index contributed by atoms with van der Waals surface area (Å²) < 4.78 is 0. The third-order valence-electron chi connectivity index (χ3n) is 2.31. The van der Waals surface area contributed by atoms with Gasteiger partial charge in [-0.05, 0) is 6.92 Å². The van der Waals surface area contributed by atoms with Crippen LogP contribution < -0.4 is 0 Å². The number of aliphatic carboxylic acids is 2. The fourth-order valence-corrected chi connectivity index (χ4v) is 2.84. The minimum absolute atomic E-state index is 0. The molecule has 8 heteroatoms. The summed E-state index contributed by atoms with van der Waals surface area (Å²) in [5.41, 5.74) is 0. The van der Waals surface area contributed by atoms with Crippen LogP contribution >= 0.6 is 11.8 Å². The van der Waals surface area contributed by atoms with Crippen molar-refractivity contribution in [2.24, 2.45) is 0 Å². The topological polar surface area (TPSA) is 94.9 Å². The molecule has 0 spiro atoms. The number of nitrogens with zero attached hydrogens (tertiary/aromatic N) is 1. The van der Waals surface area contributed by atoms with Crippen molar-refractivity contribution >= 4 is 59.2 Å². The van der Waals surface area contributed by atoms with Crippen molar-refractivity contribution in [3.05, 3.63) is 0 Å². The predicted octanol–water partition coefficient (Wildman–Crippen LogP) is -0.545. The molecule has 2 N–H and O–H groups in total. The summed E-state index contributed by atoms with van der Waals surface area (Å²) in [4.78, 5) is 32.5. The molecule has 1 aliphatic rings. The zero-order chi connectivity index (χ0) is 11.8. The van der Waals surface area contributed by atoms with E-state index in [1.165, 1.54) is 13.8 Å². The van der Waals surface area contributed by atoms with Crippen LogP contribution in [0.15, 0.2) is 0 Å². The normalized spacial score (nSPS) is 28.4. The first-order valence-corrected chi connectivity index (χ1v) is 5.19. The van der Waals surface area contributed by atoms with E-state index in [9.17, 15) is 14.4 Å². The summed E-state index contributed by atoms with van der Waals surface area (Å²) in [6.07, 6.45) is 0. The Morgan fingerprint density at radius 3 is 2.19 bits per heavy atom. The molecule has 1 fully saturated rings. The summed E-state index contributed by atoms with van der Waals surface area (Å²) in [7, 11) is 0. The SMILES string of the molecule is CC(=O)N1C(C(=O)O)CSC1(C)C(=O)O.[Na]. The number of carboxylic acids is 2. The Morgan fingerprint density at radius 2 is 1.88 bits per heavy atom. The molecule has 0 aromatic heterocycles. The van der Waals surface area contributed by atoms with Crippen LogP contribution in [0.4, 0.5) is 0 Å². The van der Waals surface area contributed by atoms with Gasteiger partial charge < -0.3 is 15.1 Å². The van der Waals surface area contributed by atoms with Crippen molar-refractivity contribution < 1.29 is 24.6 Å². The number of hydrogen-bond acceptors (Lipinski definition) is 4. The Morgan fingerprint density at radius 1 is 1.38 bits per heavy atom. The van der Waals surface area contributed by atoms with E-state index in [1.807, 2.05) is 0 Å². The zero-order valence-corrected chi connectivity index (χ0v) is 12.1. The minimum Gasteiger partial charge on any atom is -0.480 e. The predicted molar refractivity (Wildman–Crippen MR) is 58.2 cm³/mol. The minimum atomic E-state index is -1.48. The summed E-state index contributed by atoms with van der Waals surface area (Å²) in [6.45, 7) is 2.51. The first-order valence-electron chi connectivity index (χ1n) is 4.20. The van der Waals surface area contributed by atoms with E-state index in [0.717, 1.165) is 16.7 Å². The van der Waals surface area contributed by atoms with Crippen molar-refractivity contribution in [3.63, 3.8) is 0 Å². The van der Waals surface area contributed by atoms with E-state index in [-0.39, 0.29) is 35.3 Å². The van der Waals surface area contributed by atoms with Crippen LogP contribution in [0.3, 0.4) is 0 Å². The molecule has 0 saturated carbocycles. The van der Waals surface area contributed by atoms with Crippen LogP contribution in [0.1, 0.15) is 13.8 Å². The van der Waals surface area contributed by atoms with Gasteiger partial charge in [-0.3, -0.25) is 4.79 Å². The standard InChI is InChI=1S/C8H11NO5S.Na/c1-4(10)9-5(6(11)12)3-15-8(9,2)7(13)14;/h5H,3H2,1-2H3,(H,11,12)(H,13,14);. The molecule has 2 unspecified atom stereocenters. The quantitative estimate of drug-likeness (QED) is 0.644. The molecule has 1 heterocycles. The summed E-state index contributed by atoms with van der Waals surface area (Å²) in [6, 6.07) is -1.06. The van der Waals surface area contributed by atoms with Crippen molar-refractivity contribution in [2.75, 3.05) is 5.75 Å². The molecule has 2 atom stereocenters. The van der Waals surface area contributed by atoms with Gasteiger partial charge in [0.2, 0.25) is 5.91 Å². The molecule has 1 rings (SSSR count). The molecule has 0 aromatic carbocycles. The Balaban J connectivity index is 0.00000225. The van der Waals surface area contributed by atoms with Gasteiger partial charge >= 0.3 is 11.9 Å². The van der Waals surface area contributed by atoms with Gasteiger partial charge in [-0.15, -0.1) is 11.8 Å². The number of carboxylic acid groups (broad SMARTS) is 2. The molecular formula is C8H11NNaO5S.